The fourth-order valence-corrected chi connectivity index (χ4v) is 1.80. The van der Waals surface area contributed by atoms with Crippen LogP contribution in [-0.2, 0) is 19.2 Å². The van der Waals surface area contributed by atoms with E-state index in [0.717, 1.165) is 0 Å². The predicted molar refractivity (Wildman–Crippen MR) is 86.7 cm³/mol. The highest BCUT2D eigenvalue weighted by molar-refractivity contribution is 6.31. The lowest BCUT2D eigenvalue weighted by molar-refractivity contribution is -0.208. The van der Waals surface area contributed by atoms with E-state index in [1.54, 1.807) is 0 Å². The summed E-state index contributed by atoms with van der Waals surface area (Å²) in [6.45, 7) is 0. The van der Waals surface area contributed by atoms with Gasteiger partial charge in [-0.15, -0.1) is 0 Å². The molecule has 0 aromatic heterocycles. The number of carbonyl (C=O) groups is 4. The average Bonchev–Trinajstić information content (AvgIpc) is 2.61. The Balaban J connectivity index is 1.78. The lowest BCUT2D eigenvalue weighted by Gasteiger charge is -2.04. The Morgan fingerprint density at radius 2 is 0.885 bits per heavy atom. The van der Waals surface area contributed by atoms with Gasteiger partial charge in [-0.25, -0.2) is 9.59 Å². The summed E-state index contributed by atoms with van der Waals surface area (Å²) in [7, 11) is 0. The van der Waals surface area contributed by atoms with Gasteiger partial charge in [-0.1, -0.05) is 23.2 Å². The molecule has 0 bridgehead atoms. The van der Waals surface area contributed by atoms with Crippen LogP contribution in [0.3, 0.4) is 0 Å². The highest BCUT2D eigenvalue weighted by Gasteiger charge is 2.20. The second kappa shape index (κ2) is 8.84. The van der Waals surface area contributed by atoms with Crippen LogP contribution in [-0.4, -0.2) is 24.2 Å². The molecule has 0 fully saturated rings. The smallest absolute Gasteiger partial charge is 0.354 e. The minimum atomic E-state index is -1.64. The van der Waals surface area contributed by atoms with Crippen molar-refractivity contribution in [2.45, 2.75) is 0 Å². The molecule has 0 radical (unpaired) electrons. The Morgan fingerprint density at radius 3 is 1.19 bits per heavy atom. The molecule has 0 amide bonds. The highest BCUT2D eigenvalue weighted by atomic mass is 35.5. The van der Waals surface area contributed by atoms with E-state index in [-0.39, 0.29) is 11.1 Å². The zero-order valence-corrected chi connectivity index (χ0v) is 14.2. The van der Waals surface area contributed by atoms with Gasteiger partial charge in [0.2, 0.25) is 0 Å². The summed E-state index contributed by atoms with van der Waals surface area (Å²) in [6.07, 6.45) is -3.28. The van der Waals surface area contributed by atoms with Gasteiger partial charge in [-0.3, -0.25) is 0 Å². The summed E-state index contributed by atoms with van der Waals surface area (Å²) >= 11 is 11.3. The molecule has 0 heterocycles. The first kappa shape index (κ1) is 19.2. The Morgan fingerprint density at radius 1 is 0.577 bits per heavy atom. The molecule has 0 aliphatic rings. The minimum absolute atomic E-state index is 0.00634. The first-order chi connectivity index (χ1) is 12.3. The van der Waals surface area contributed by atoms with Crippen molar-refractivity contribution >= 4 is 47.5 Å². The van der Waals surface area contributed by atoms with E-state index >= 15 is 0 Å². The van der Waals surface area contributed by atoms with Gasteiger partial charge in [0.15, 0.2) is 0 Å². The molecule has 2 aromatic rings. The maximum atomic E-state index is 11.6. The molecule has 0 N–H and O–H groups in total. The van der Waals surface area contributed by atoms with Crippen molar-refractivity contribution < 1.29 is 38.4 Å². The van der Waals surface area contributed by atoms with Gasteiger partial charge in [0.05, 0.1) is 11.1 Å². The van der Waals surface area contributed by atoms with Crippen LogP contribution in [0.1, 0.15) is 20.7 Å². The molecule has 0 aliphatic heterocycles. The van der Waals surface area contributed by atoms with Crippen molar-refractivity contribution in [1.29, 1.82) is 0 Å². The van der Waals surface area contributed by atoms with Crippen LogP contribution in [0.25, 0.3) is 0 Å². The van der Waals surface area contributed by atoms with Crippen LogP contribution >= 0.6 is 23.2 Å². The predicted octanol–water partition coefficient (Wildman–Crippen LogP) is 4.20. The number of halogens is 2. The highest BCUT2D eigenvalue weighted by Crippen LogP contribution is 2.12. The first-order valence-corrected chi connectivity index (χ1v) is 7.48. The Labute approximate surface area is 156 Å². The maximum absolute atomic E-state index is 11.6. The van der Waals surface area contributed by atoms with Crippen molar-refractivity contribution in [3.8, 4) is 0 Å². The topological polar surface area (TPSA) is 105 Å². The van der Waals surface area contributed by atoms with Crippen molar-refractivity contribution in [1.82, 2.24) is 0 Å². The molecule has 2 aromatic carbocycles. The third-order valence-corrected chi connectivity index (χ3v) is 3.19. The van der Waals surface area contributed by atoms with Crippen LogP contribution in [0.15, 0.2) is 48.5 Å². The van der Waals surface area contributed by atoms with Crippen LogP contribution < -0.4 is 0 Å². The summed E-state index contributed by atoms with van der Waals surface area (Å²) in [5.74, 6) is -2.14. The number of benzene rings is 2. The van der Waals surface area contributed by atoms with E-state index < -0.39 is 24.2 Å². The van der Waals surface area contributed by atoms with Gasteiger partial charge in [0.25, 0.3) is 0 Å². The lowest BCUT2D eigenvalue weighted by Crippen LogP contribution is -2.19. The standard InChI is InChI=1S/C16H8Cl2O8/c17-11-5-1-9(2-6-11)13(19)23-15(21)25-26-16(22)24-14(20)10-3-7-12(18)8-4-10/h1-8H. The molecule has 0 aliphatic carbocycles. The number of hydrogen-bond donors (Lipinski definition) is 0. The monoisotopic (exact) mass is 398 g/mol. The molecule has 0 saturated heterocycles. The van der Waals surface area contributed by atoms with E-state index in [4.69, 9.17) is 23.2 Å². The molecule has 134 valence electrons. The van der Waals surface area contributed by atoms with E-state index in [1.165, 1.54) is 48.5 Å². The first-order valence-electron chi connectivity index (χ1n) is 6.73. The molecule has 26 heavy (non-hydrogen) atoms. The number of carbonyl (C=O) groups excluding carboxylic acids is 4. The number of ether oxygens (including phenoxy) is 2. The van der Waals surface area contributed by atoms with Gasteiger partial charge >= 0.3 is 24.2 Å². The van der Waals surface area contributed by atoms with Gasteiger partial charge in [0, 0.05) is 10.0 Å². The second-order valence-corrected chi connectivity index (χ2v) is 5.33. The average molecular weight is 399 g/mol. The van der Waals surface area contributed by atoms with Crippen LogP contribution in [0.4, 0.5) is 9.59 Å². The Kier molecular flexibility index (Phi) is 6.54. The zero-order valence-electron chi connectivity index (χ0n) is 12.6. The van der Waals surface area contributed by atoms with Crippen molar-refractivity contribution in [2.75, 3.05) is 0 Å². The molecular formula is C16H8Cl2O8. The van der Waals surface area contributed by atoms with E-state index in [0.29, 0.717) is 10.0 Å². The third kappa shape index (κ3) is 5.76. The summed E-state index contributed by atoms with van der Waals surface area (Å²) in [5, 5.41) is 0.751. The molecule has 8 nitrogen and oxygen atoms in total. The SMILES string of the molecule is O=C(OOC(=O)OC(=O)c1ccc(Cl)cc1)OC(=O)c1ccc(Cl)cc1. The molecule has 2 rings (SSSR count). The maximum Gasteiger partial charge on any atom is 0.558 e. The molecule has 0 saturated carbocycles. The van der Waals surface area contributed by atoms with Crippen LogP contribution in [0, 0.1) is 0 Å². The summed E-state index contributed by atoms with van der Waals surface area (Å²) in [6, 6.07) is 10.8. The molecule has 0 atom stereocenters. The largest absolute Gasteiger partial charge is 0.558 e. The van der Waals surface area contributed by atoms with Gasteiger partial charge in [-0.2, -0.15) is 19.4 Å². The minimum Gasteiger partial charge on any atom is -0.354 e. The van der Waals surface area contributed by atoms with Crippen molar-refractivity contribution in [2.24, 2.45) is 0 Å². The fourth-order valence-electron chi connectivity index (χ4n) is 1.54. The van der Waals surface area contributed by atoms with Gasteiger partial charge < -0.3 is 9.47 Å². The molecular weight excluding hydrogens is 391 g/mol. The Hall–Kier alpha value is -3.10. The van der Waals surface area contributed by atoms with Crippen LogP contribution in [0.2, 0.25) is 10.0 Å². The summed E-state index contributed by atoms with van der Waals surface area (Å²) in [4.78, 5) is 53.6. The number of hydrogen-bond acceptors (Lipinski definition) is 8. The van der Waals surface area contributed by atoms with Gasteiger partial charge in [-0.05, 0) is 48.5 Å². The zero-order chi connectivity index (χ0) is 19.1. The third-order valence-electron chi connectivity index (χ3n) is 2.69. The summed E-state index contributed by atoms with van der Waals surface area (Å²) in [5.41, 5.74) is 0.0127. The normalized spacial score (nSPS) is 9.77. The quantitative estimate of drug-likeness (QED) is 0.320. The Bertz CT molecular complexity index is 759. The lowest BCUT2D eigenvalue weighted by atomic mass is 10.2. The molecule has 10 heteroatoms. The number of esters is 2. The molecule has 0 unspecified atom stereocenters. The number of rotatable bonds is 2. The van der Waals surface area contributed by atoms with E-state index in [9.17, 15) is 19.2 Å². The van der Waals surface area contributed by atoms with E-state index in [1.807, 2.05) is 0 Å². The van der Waals surface area contributed by atoms with Gasteiger partial charge in [0.1, 0.15) is 0 Å². The van der Waals surface area contributed by atoms with Crippen molar-refractivity contribution in [3.05, 3.63) is 69.7 Å². The fraction of sp³-hybridized carbons (Fsp3) is 0. The van der Waals surface area contributed by atoms with Crippen LogP contribution in [0.5, 0.6) is 0 Å². The molecule has 0 spiro atoms. The second-order valence-electron chi connectivity index (χ2n) is 4.46. The van der Waals surface area contributed by atoms with Crippen molar-refractivity contribution in [3.63, 3.8) is 0 Å². The summed E-state index contributed by atoms with van der Waals surface area (Å²) < 4.78 is 8.51. The van der Waals surface area contributed by atoms with E-state index in [2.05, 4.69) is 19.2 Å².